The standard InChI is InChI=1S/C8H7IN2OS/c1-5-2-7(12)10-8-11(5)6(3-9)4-13-8/h2-3H,4H2,1H3/b6-3-. The van der Waals surface area contributed by atoms with Crippen LogP contribution in [0.1, 0.15) is 5.69 Å². The van der Waals surface area contributed by atoms with E-state index < -0.39 is 0 Å². The first-order chi connectivity index (χ1) is 6.22. The average molecular weight is 306 g/mol. The Labute approximate surface area is 93.4 Å². The number of halogens is 1. The molecular formula is C8H7IN2OS. The van der Waals surface area contributed by atoms with Gasteiger partial charge >= 0.3 is 0 Å². The molecule has 5 heteroatoms. The van der Waals surface area contributed by atoms with E-state index >= 15 is 0 Å². The number of hydrogen-bond donors (Lipinski definition) is 0. The SMILES string of the molecule is Cc1cc(=O)nc2n1/C(=C\I)CS2. The summed E-state index contributed by atoms with van der Waals surface area (Å²) >= 11 is 3.82. The number of hydrogen-bond acceptors (Lipinski definition) is 3. The molecule has 0 unspecified atom stereocenters. The van der Waals surface area contributed by atoms with Crippen molar-refractivity contribution in [3.63, 3.8) is 0 Å². The fourth-order valence-electron chi connectivity index (χ4n) is 1.30. The Kier molecular flexibility index (Phi) is 2.46. The predicted molar refractivity (Wildman–Crippen MR) is 62.3 cm³/mol. The second-order valence-electron chi connectivity index (χ2n) is 2.74. The molecule has 0 atom stereocenters. The number of aryl methyl sites for hydroxylation is 1. The molecule has 2 heterocycles. The Morgan fingerprint density at radius 2 is 2.54 bits per heavy atom. The third-order valence-corrected chi connectivity index (χ3v) is 3.54. The van der Waals surface area contributed by atoms with E-state index in [0.717, 1.165) is 16.6 Å². The zero-order valence-corrected chi connectivity index (χ0v) is 9.92. The van der Waals surface area contributed by atoms with Crippen LogP contribution in [-0.2, 0) is 0 Å². The van der Waals surface area contributed by atoms with E-state index in [4.69, 9.17) is 0 Å². The highest BCUT2D eigenvalue weighted by Gasteiger charge is 2.18. The van der Waals surface area contributed by atoms with Crippen LogP contribution < -0.4 is 5.56 Å². The van der Waals surface area contributed by atoms with Gasteiger partial charge in [0.1, 0.15) is 0 Å². The maximum Gasteiger partial charge on any atom is 0.273 e. The molecule has 0 spiro atoms. The Bertz CT molecular complexity index is 438. The van der Waals surface area contributed by atoms with E-state index in [1.807, 2.05) is 15.6 Å². The lowest BCUT2D eigenvalue weighted by molar-refractivity contribution is 0.811. The number of nitrogens with zero attached hydrogens (tertiary/aromatic N) is 2. The van der Waals surface area contributed by atoms with E-state index in [9.17, 15) is 4.79 Å². The molecule has 3 nitrogen and oxygen atoms in total. The van der Waals surface area contributed by atoms with Gasteiger partial charge in [0.25, 0.3) is 5.56 Å². The minimum Gasteiger partial charge on any atom is -0.296 e. The lowest BCUT2D eigenvalue weighted by Gasteiger charge is -2.06. The van der Waals surface area contributed by atoms with Gasteiger partial charge in [-0.25, -0.2) is 0 Å². The fourth-order valence-corrected chi connectivity index (χ4v) is 3.13. The summed E-state index contributed by atoms with van der Waals surface area (Å²) in [6.07, 6.45) is 0. The summed E-state index contributed by atoms with van der Waals surface area (Å²) in [6.45, 7) is 1.93. The molecule has 0 fully saturated rings. The first-order valence-electron chi connectivity index (χ1n) is 3.75. The van der Waals surface area contributed by atoms with Gasteiger partial charge in [-0.3, -0.25) is 9.36 Å². The third kappa shape index (κ3) is 1.54. The van der Waals surface area contributed by atoms with Crippen LogP contribution in [0.3, 0.4) is 0 Å². The smallest absolute Gasteiger partial charge is 0.273 e. The highest BCUT2D eigenvalue weighted by Crippen LogP contribution is 2.31. The van der Waals surface area contributed by atoms with Crippen LogP contribution in [0, 0.1) is 6.92 Å². The van der Waals surface area contributed by atoms with Gasteiger partial charge in [-0.2, -0.15) is 4.98 Å². The van der Waals surface area contributed by atoms with Crippen molar-refractivity contribution in [2.75, 3.05) is 5.75 Å². The third-order valence-electron chi connectivity index (χ3n) is 1.84. The zero-order valence-electron chi connectivity index (χ0n) is 6.95. The summed E-state index contributed by atoms with van der Waals surface area (Å²) in [5, 5.41) is 0.813. The maximum atomic E-state index is 11.1. The molecule has 0 aromatic carbocycles. The Morgan fingerprint density at radius 1 is 1.77 bits per heavy atom. The fraction of sp³-hybridized carbons (Fsp3) is 0.250. The van der Waals surface area contributed by atoms with Gasteiger partial charge in [-0.1, -0.05) is 34.4 Å². The molecule has 2 rings (SSSR count). The Balaban J connectivity index is 2.72. The van der Waals surface area contributed by atoms with Gasteiger partial charge in [0.05, 0.1) is 0 Å². The molecule has 0 saturated heterocycles. The van der Waals surface area contributed by atoms with Crippen molar-refractivity contribution < 1.29 is 0 Å². The molecule has 0 radical (unpaired) electrons. The molecule has 1 aliphatic rings. The van der Waals surface area contributed by atoms with Gasteiger partial charge in [0.15, 0.2) is 5.16 Å². The van der Waals surface area contributed by atoms with Crippen molar-refractivity contribution in [2.45, 2.75) is 12.1 Å². The molecule has 0 N–H and O–H groups in total. The second kappa shape index (κ2) is 3.45. The van der Waals surface area contributed by atoms with Crippen molar-refractivity contribution in [3.05, 3.63) is 26.2 Å². The van der Waals surface area contributed by atoms with E-state index in [0.29, 0.717) is 0 Å². The van der Waals surface area contributed by atoms with Crippen LogP contribution in [0.4, 0.5) is 0 Å². The predicted octanol–water partition coefficient (Wildman–Crippen LogP) is 1.89. The van der Waals surface area contributed by atoms with Crippen LogP contribution in [0.2, 0.25) is 0 Å². The van der Waals surface area contributed by atoms with E-state index in [1.165, 1.54) is 5.70 Å². The molecule has 13 heavy (non-hydrogen) atoms. The first kappa shape index (κ1) is 9.26. The van der Waals surface area contributed by atoms with Gasteiger partial charge in [-0.15, -0.1) is 0 Å². The number of fused-ring (bicyclic) bond motifs is 1. The normalized spacial score (nSPS) is 17.8. The van der Waals surface area contributed by atoms with E-state index in [2.05, 4.69) is 27.6 Å². The molecular weight excluding hydrogens is 299 g/mol. The maximum absolute atomic E-state index is 11.1. The summed E-state index contributed by atoms with van der Waals surface area (Å²) in [7, 11) is 0. The zero-order chi connectivity index (χ0) is 9.42. The van der Waals surface area contributed by atoms with Crippen molar-refractivity contribution >= 4 is 40.0 Å². The van der Waals surface area contributed by atoms with Crippen molar-refractivity contribution in [1.29, 1.82) is 0 Å². The van der Waals surface area contributed by atoms with Gasteiger partial charge in [0.2, 0.25) is 0 Å². The lowest BCUT2D eigenvalue weighted by Crippen LogP contribution is -2.12. The van der Waals surface area contributed by atoms with Crippen LogP contribution >= 0.6 is 34.4 Å². The molecule has 0 aliphatic carbocycles. The van der Waals surface area contributed by atoms with Gasteiger partial charge < -0.3 is 0 Å². The molecule has 1 aromatic heterocycles. The highest BCUT2D eigenvalue weighted by atomic mass is 127. The van der Waals surface area contributed by atoms with Gasteiger partial charge in [-0.05, 0) is 11.0 Å². The highest BCUT2D eigenvalue weighted by molar-refractivity contribution is 14.1. The van der Waals surface area contributed by atoms with Gasteiger partial charge in [0, 0.05) is 23.2 Å². The summed E-state index contributed by atoms with van der Waals surface area (Å²) in [5.41, 5.74) is 2.01. The van der Waals surface area contributed by atoms with Crippen molar-refractivity contribution in [2.24, 2.45) is 0 Å². The van der Waals surface area contributed by atoms with E-state index in [-0.39, 0.29) is 5.56 Å². The monoisotopic (exact) mass is 306 g/mol. The van der Waals surface area contributed by atoms with E-state index in [1.54, 1.807) is 17.8 Å². The first-order valence-corrected chi connectivity index (χ1v) is 5.98. The topological polar surface area (TPSA) is 34.9 Å². The number of rotatable bonds is 0. The quantitative estimate of drug-likeness (QED) is 0.542. The lowest BCUT2D eigenvalue weighted by atomic mass is 10.4. The van der Waals surface area contributed by atoms with Crippen molar-refractivity contribution in [3.8, 4) is 0 Å². The summed E-state index contributed by atoms with van der Waals surface area (Å²) in [6, 6.07) is 1.56. The molecule has 68 valence electrons. The average Bonchev–Trinajstić information content (AvgIpc) is 2.47. The molecule has 0 amide bonds. The second-order valence-corrected chi connectivity index (χ2v) is 4.31. The Morgan fingerprint density at radius 3 is 3.23 bits per heavy atom. The number of thioether (sulfide) groups is 1. The summed E-state index contributed by atoms with van der Waals surface area (Å²) in [5.74, 6) is 0.903. The molecule has 0 bridgehead atoms. The molecule has 1 aliphatic heterocycles. The summed E-state index contributed by atoms with van der Waals surface area (Å²) < 4.78 is 4.05. The minimum absolute atomic E-state index is 0.147. The number of aromatic nitrogens is 2. The van der Waals surface area contributed by atoms with Crippen LogP contribution in [0.15, 0.2) is 20.1 Å². The molecule has 0 saturated carbocycles. The van der Waals surface area contributed by atoms with Crippen LogP contribution in [-0.4, -0.2) is 15.3 Å². The largest absolute Gasteiger partial charge is 0.296 e. The molecule has 1 aromatic rings. The van der Waals surface area contributed by atoms with Crippen LogP contribution in [0.5, 0.6) is 0 Å². The van der Waals surface area contributed by atoms with Crippen molar-refractivity contribution in [1.82, 2.24) is 9.55 Å². The minimum atomic E-state index is -0.147. The summed E-state index contributed by atoms with van der Waals surface area (Å²) in [4.78, 5) is 15.0. The van der Waals surface area contributed by atoms with Crippen LogP contribution in [0.25, 0.3) is 5.70 Å². The Hall–Kier alpha value is -0.300.